The van der Waals surface area contributed by atoms with Gasteiger partial charge in [0.1, 0.15) is 11.9 Å². The van der Waals surface area contributed by atoms with Gasteiger partial charge in [-0.1, -0.05) is 0 Å². The first-order chi connectivity index (χ1) is 8.60. The number of aryl methyl sites for hydroxylation is 2. The van der Waals surface area contributed by atoms with Crippen molar-refractivity contribution in [3.63, 3.8) is 0 Å². The van der Waals surface area contributed by atoms with Gasteiger partial charge in [-0.05, 0) is 31.2 Å². The number of nitrogens with zero attached hydrogens (tertiary/aromatic N) is 3. The van der Waals surface area contributed by atoms with Gasteiger partial charge in [0, 0.05) is 24.5 Å². The standard InChI is InChI=1S/C13H13FN4/c1-9-12(8-18(2)17-9)13(7-15)16-11-5-3-10(14)4-6-11/h3-6,8,13,16H,1-2H3. The molecule has 0 amide bonds. The highest BCUT2D eigenvalue weighted by Gasteiger charge is 2.15. The van der Waals surface area contributed by atoms with Crippen molar-refractivity contribution in [2.75, 3.05) is 5.32 Å². The molecule has 1 aromatic heterocycles. The molecule has 0 aliphatic carbocycles. The fraction of sp³-hybridized carbons (Fsp3) is 0.231. The zero-order chi connectivity index (χ0) is 13.1. The predicted octanol–water partition coefficient (Wildman–Crippen LogP) is 2.54. The average molecular weight is 244 g/mol. The van der Waals surface area contributed by atoms with Crippen molar-refractivity contribution in [2.45, 2.75) is 13.0 Å². The lowest BCUT2D eigenvalue weighted by Crippen LogP contribution is -2.08. The van der Waals surface area contributed by atoms with Crippen LogP contribution in [0.15, 0.2) is 30.5 Å². The van der Waals surface area contributed by atoms with Crippen LogP contribution in [0.3, 0.4) is 0 Å². The minimum Gasteiger partial charge on any atom is -0.366 e. The van der Waals surface area contributed by atoms with Gasteiger partial charge in [0.25, 0.3) is 0 Å². The molecule has 0 saturated carbocycles. The van der Waals surface area contributed by atoms with Crippen LogP contribution in [-0.4, -0.2) is 9.78 Å². The van der Waals surface area contributed by atoms with E-state index in [1.165, 1.54) is 12.1 Å². The van der Waals surface area contributed by atoms with Gasteiger partial charge in [0.05, 0.1) is 11.8 Å². The number of nitriles is 1. The third-order valence-corrected chi connectivity index (χ3v) is 2.65. The summed E-state index contributed by atoms with van der Waals surface area (Å²) in [7, 11) is 1.81. The maximum Gasteiger partial charge on any atom is 0.143 e. The third-order valence-electron chi connectivity index (χ3n) is 2.65. The normalized spacial score (nSPS) is 11.9. The molecular formula is C13H13FN4. The van der Waals surface area contributed by atoms with Gasteiger partial charge in [-0.25, -0.2) is 4.39 Å². The molecule has 1 heterocycles. The maximum absolute atomic E-state index is 12.8. The summed E-state index contributed by atoms with van der Waals surface area (Å²) >= 11 is 0. The number of rotatable bonds is 3. The zero-order valence-electron chi connectivity index (χ0n) is 10.2. The summed E-state index contributed by atoms with van der Waals surface area (Å²) in [5, 5.41) is 16.5. The SMILES string of the molecule is Cc1nn(C)cc1C(C#N)Nc1ccc(F)cc1. The fourth-order valence-electron chi connectivity index (χ4n) is 1.79. The summed E-state index contributed by atoms with van der Waals surface area (Å²) in [6.45, 7) is 1.85. The van der Waals surface area contributed by atoms with E-state index in [9.17, 15) is 9.65 Å². The topological polar surface area (TPSA) is 53.6 Å². The van der Waals surface area contributed by atoms with Gasteiger partial charge >= 0.3 is 0 Å². The van der Waals surface area contributed by atoms with Crippen molar-refractivity contribution in [2.24, 2.45) is 7.05 Å². The molecule has 0 fully saturated rings. The van der Waals surface area contributed by atoms with E-state index < -0.39 is 6.04 Å². The van der Waals surface area contributed by atoms with Crippen LogP contribution in [0.4, 0.5) is 10.1 Å². The molecule has 4 nitrogen and oxygen atoms in total. The van der Waals surface area contributed by atoms with Crippen LogP contribution >= 0.6 is 0 Å². The van der Waals surface area contributed by atoms with Crippen molar-refractivity contribution < 1.29 is 4.39 Å². The molecule has 5 heteroatoms. The molecule has 0 radical (unpaired) electrons. The molecule has 1 unspecified atom stereocenters. The van der Waals surface area contributed by atoms with Crippen molar-refractivity contribution in [3.05, 3.63) is 47.5 Å². The second-order valence-corrected chi connectivity index (χ2v) is 4.06. The summed E-state index contributed by atoms with van der Waals surface area (Å²) in [5.41, 5.74) is 2.33. The van der Waals surface area contributed by atoms with E-state index in [4.69, 9.17) is 0 Å². The van der Waals surface area contributed by atoms with Crippen LogP contribution < -0.4 is 5.32 Å². The Morgan fingerprint density at radius 2 is 2.06 bits per heavy atom. The fourth-order valence-corrected chi connectivity index (χ4v) is 1.79. The molecule has 0 saturated heterocycles. The van der Waals surface area contributed by atoms with E-state index in [2.05, 4.69) is 16.5 Å². The molecule has 0 aliphatic rings. The molecule has 0 aliphatic heterocycles. The molecule has 2 aromatic rings. The molecule has 1 atom stereocenters. The van der Waals surface area contributed by atoms with E-state index in [1.807, 2.05) is 14.0 Å². The molecule has 1 aromatic carbocycles. The second kappa shape index (κ2) is 4.88. The predicted molar refractivity (Wildman–Crippen MR) is 66.3 cm³/mol. The number of hydrogen-bond donors (Lipinski definition) is 1. The molecule has 0 spiro atoms. The Morgan fingerprint density at radius 1 is 1.39 bits per heavy atom. The lowest BCUT2D eigenvalue weighted by molar-refractivity contribution is 0.628. The van der Waals surface area contributed by atoms with Crippen molar-refractivity contribution >= 4 is 5.69 Å². The number of aromatic nitrogens is 2. The van der Waals surface area contributed by atoms with E-state index in [0.29, 0.717) is 5.69 Å². The minimum absolute atomic E-state index is 0.299. The Morgan fingerprint density at radius 3 is 2.56 bits per heavy atom. The van der Waals surface area contributed by atoms with Gasteiger partial charge in [0.2, 0.25) is 0 Å². The van der Waals surface area contributed by atoms with Crippen molar-refractivity contribution in [3.8, 4) is 6.07 Å². The van der Waals surface area contributed by atoms with Gasteiger partial charge in [-0.3, -0.25) is 4.68 Å². The van der Waals surface area contributed by atoms with Crippen LogP contribution in [0.5, 0.6) is 0 Å². The summed E-state index contributed by atoms with van der Waals surface area (Å²) in [6, 6.07) is 7.59. The Labute approximate surface area is 105 Å². The lowest BCUT2D eigenvalue weighted by atomic mass is 10.1. The van der Waals surface area contributed by atoms with Gasteiger partial charge in [-0.2, -0.15) is 10.4 Å². The number of benzene rings is 1. The van der Waals surface area contributed by atoms with E-state index >= 15 is 0 Å². The van der Waals surface area contributed by atoms with Crippen LogP contribution in [0.1, 0.15) is 17.3 Å². The summed E-state index contributed by atoms with van der Waals surface area (Å²) in [6.07, 6.45) is 1.81. The molecule has 0 bridgehead atoms. The van der Waals surface area contributed by atoms with Crippen LogP contribution in [0, 0.1) is 24.1 Å². The van der Waals surface area contributed by atoms with Gasteiger partial charge in [-0.15, -0.1) is 0 Å². The van der Waals surface area contributed by atoms with Crippen LogP contribution in [0.25, 0.3) is 0 Å². The monoisotopic (exact) mass is 244 g/mol. The molecular weight excluding hydrogens is 231 g/mol. The lowest BCUT2D eigenvalue weighted by Gasteiger charge is -2.12. The van der Waals surface area contributed by atoms with Gasteiger partial charge < -0.3 is 5.32 Å². The Hall–Kier alpha value is -2.35. The minimum atomic E-state index is -0.496. The molecule has 18 heavy (non-hydrogen) atoms. The van der Waals surface area contributed by atoms with Gasteiger partial charge in [0.15, 0.2) is 0 Å². The van der Waals surface area contributed by atoms with E-state index in [1.54, 1.807) is 23.0 Å². The van der Waals surface area contributed by atoms with Crippen LogP contribution in [-0.2, 0) is 7.05 Å². The highest BCUT2D eigenvalue weighted by atomic mass is 19.1. The van der Waals surface area contributed by atoms with Crippen molar-refractivity contribution in [1.29, 1.82) is 5.26 Å². The Bertz CT molecular complexity index is 580. The highest BCUT2D eigenvalue weighted by Crippen LogP contribution is 2.21. The number of anilines is 1. The van der Waals surface area contributed by atoms with Crippen LogP contribution in [0.2, 0.25) is 0 Å². The molecule has 92 valence electrons. The quantitative estimate of drug-likeness (QED) is 0.902. The first kappa shape index (κ1) is 12.1. The first-order valence-electron chi connectivity index (χ1n) is 5.52. The largest absolute Gasteiger partial charge is 0.366 e. The molecule has 1 N–H and O–H groups in total. The Balaban J connectivity index is 2.23. The molecule has 2 rings (SSSR count). The smallest absolute Gasteiger partial charge is 0.143 e. The first-order valence-corrected chi connectivity index (χ1v) is 5.52. The van der Waals surface area contributed by atoms with E-state index in [0.717, 1.165) is 11.3 Å². The summed E-state index contributed by atoms with van der Waals surface area (Å²) in [5.74, 6) is -0.299. The highest BCUT2D eigenvalue weighted by molar-refractivity contribution is 5.47. The zero-order valence-corrected chi connectivity index (χ0v) is 10.2. The summed E-state index contributed by atoms with van der Waals surface area (Å²) in [4.78, 5) is 0. The average Bonchev–Trinajstić information content (AvgIpc) is 2.68. The number of nitrogens with one attached hydrogen (secondary N) is 1. The summed E-state index contributed by atoms with van der Waals surface area (Å²) < 4.78 is 14.5. The van der Waals surface area contributed by atoms with Crippen molar-refractivity contribution in [1.82, 2.24) is 9.78 Å². The Kier molecular flexibility index (Phi) is 3.28. The number of hydrogen-bond acceptors (Lipinski definition) is 3. The maximum atomic E-state index is 12.8. The van der Waals surface area contributed by atoms with E-state index in [-0.39, 0.29) is 5.82 Å². The number of halogens is 1. The third kappa shape index (κ3) is 2.48. The second-order valence-electron chi connectivity index (χ2n) is 4.06.